The molecule has 1 heterocycles. The minimum Gasteiger partial charge on any atom is -0.493 e. The van der Waals surface area contributed by atoms with Crippen LogP contribution in [0.2, 0.25) is 0 Å². The van der Waals surface area contributed by atoms with Gasteiger partial charge in [-0.3, -0.25) is 4.79 Å². The normalized spacial score (nSPS) is 19.6. The molecule has 7 heteroatoms. The Bertz CT molecular complexity index is 1020. The van der Waals surface area contributed by atoms with Crippen LogP contribution >= 0.6 is 0 Å². The third-order valence-electron chi connectivity index (χ3n) is 7.24. The highest BCUT2D eigenvalue weighted by atomic mass is 19.1. The monoisotopic (exact) mass is 499 g/mol. The third-order valence-corrected chi connectivity index (χ3v) is 7.24. The molecule has 36 heavy (non-hydrogen) atoms. The highest BCUT2D eigenvalue weighted by Crippen LogP contribution is 2.40. The van der Waals surface area contributed by atoms with Crippen molar-refractivity contribution in [3.63, 3.8) is 0 Å². The molecular weight excluding hydrogens is 461 g/mol. The predicted molar refractivity (Wildman–Crippen MR) is 136 cm³/mol. The maximum absolute atomic E-state index is 13.8. The van der Waals surface area contributed by atoms with Crippen molar-refractivity contribution in [3.05, 3.63) is 53.3 Å². The van der Waals surface area contributed by atoms with Crippen molar-refractivity contribution in [1.82, 2.24) is 4.90 Å². The second-order valence-corrected chi connectivity index (χ2v) is 10.5. The molecule has 1 aliphatic carbocycles. The molecule has 1 saturated heterocycles. The van der Waals surface area contributed by atoms with Gasteiger partial charge in [-0.2, -0.15) is 0 Å². The molecule has 0 bridgehead atoms. The zero-order chi connectivity index (χ0) is 25.7. The van der Waals surface area contributed by atoms with E-state index < -0.39 is 0 Å². The molecule has 4 rings (SSSR count). The first-order valence-corrected chi connectivity index (χ1v) is 12.9. The predicted octanol–water partition coefficient (Wildman–Crippen LogP) is 5.90. The lowest BCUT2D eigenvalue weighted by Crippen LogP contribution is -2.46. The van der Waals surface area contributed by atoms with Crippen molar-refractivity contribution in [1.29, 1.82) is 0 Å². The number of hydrogen-bond donors (Lipinski definition) is 0. The number of ether oxygens (including phenoxy) is 4. The second kappa shape index (κ2) is 11.5. The molecule has 2 aromatic carbocycles. The molecule has 1 amide bonds. The summed E-state index contributed by atoms with van der Waals surface area (Å²) in [6, 6.07) is 10.4. The summed E-state index contributed by atoms with van der Waals surface area (Å²) in [6.07, 6.45) is 5.84. The summed E-state index contributed by atoms with van der Waals surface area (Å²) in [5.74, 6) is 1.36. The van der Waals surface area contributed by atoms with Gasteiger partial charge < -0.3 is 23.8 Å². The lowest BCUT2D eigenvalue weighted by atomic mass is 9.87. The summed E-state index contributed by atoms with van der Waals surface area (Å²) in [6.45, 7) is 5.39. The smallest absolute Gasteiger partial charge is 0.226 e. The standard InChI is InChI=1S/C29H38FNO5/c1-29(2)17-22(12-13-36-29)28(32)31(24-10-5-6-11-24)18-21-15-25(33-3)27(26(16-21)34-4)35-19-20-8-7-9-23(30)14-20/h7-9,14-16,22,24H,5-6,10-13,17-19H2,1-4H3/t22-/m1/s1. The SMILES string of the molecule is COc1cc(CN(C(=O)[C@@H]2CCOC(C)(C)C2)C2CCCC2)cc(OC)c1OCc1cccc(F)c1. The van der Waals surface area contributed by atoms with E-state index in [0.717, 1.165) is 44.1 Å². The largest absolute Gasteiger partial charge is 0.493 e. The Balaban J connectivity index is 1.57. The molecular formula is C29H38FNO5. The van der Waals surface area contributed by atoms with Crippen molar-refractivity contribution in [3.8, 4) is 17.2 Å². The van der Waals surface area contributed by atoms with E-state index in [1.807, 2.05) is 12.1 Å². The molecule has 0 unspecified atom stereocenters. The summed E-state index contributed by atoms with van der Waals surface area (Å²) in [7, 11) is 3.16. The Morgan fingerprint density at radius 1 is 1.06 bits per heavy atom. The van der Waals surface area contributed by atoms with Crippen LogP contribution in [-0.2, 0) is 22.7 Å². The molecule has 0 aromatic heterocycles. The number of methoxy groups -OCH3 is 2. The maximum Gasteiger partial charge on any atom is 0.226 e. The molecule has 1 atom stereocenters. The fourth-order valence-electron chi connectivity index (χ4n) is 5.43. The summed E-state index contributed by atoms with van der Waals surface area (Å²) in [5.41, 5.74) is 1.35. The van der Waals surface area contributed by atoms with Gasteiger partial charge in [-0.25, -0.2) is 4.39 Å². The van der Waals surface area contributed by atoms with Crippen LogP contribution < -0.4 is 14.2 Å². The Morgan fingerprint density at radius 3 is 2.36 bits per heavy atom. The molecule has 1 saturated carbocycles. The van der Waals surface area contributed by atoms with E-state index >= 15 is 0 Å². The molecule has 196 valence electrons. The maximum atomic E-state index is 13.8. The van der Waals surface area contributed by atoms with Gasteiger partial charge in [0.25, 0.3) is 0 Å². The molecule has 1 aliphatic heterocycles. The van der Waals surface area contributed by atoms with Crippen molar-refractivity contribution < 1.29 is 28.1 Å². The van der Waals surface area contributed by atoms with Crippen LogP contribution in [0.25, 0.3) is 0 Å². The first kappa shape index (κ1) is 26.3. The molecule has 6 nitrogen and oxygen atoms in total. The van der Waals surface area contributed by atoms with Crippen LogP contribution in [0.1, 0.15) is 63.5 Å². The number of rotatable bonds is 9. The number of carbonyl (C=O) groups is 1. The summed E-state index contributed by atoms with van der Waals surface area (Å²) >= 11 is 0. The molecule has 0 N–H and O–H groups in total. The van der Waals surface area contributed by atoms with Gasteiger partial charge in [0.05, 0.1) is 19.8 Å². The number of hydrogen-bond acceptors (Lipinski definition) is 5. The van der Waals surface area contributed by atoms with Crippen LogP contribution in [0.4, 0.5) is 4.39 Å². The summed E-state index contributed by atoms with van der Waals surface area (Å²) in [5, 5.41) is 0. The van der Waals surface area contributed by atoms with Gasteiger partial charge in [0.15, 0.2) is 11.5 Å². The van der Waals surface area contributed by atoms with Gasteiger partial charge in [-0.1, -0.05) is 25.0 Å². The van der Waals surface area contributed by atoms with Gasteiger partial charge in [0.2, 0.25) is 11.7 Å². The molecule has 0 radical (unpaired) electrons. The fourth-order valence-corrected chi connectivity index (χ4v) is 5.43. The van der Waals surface area contributed by atoms with Crippen molar-refractivity contribution in [2.45, 2.75) is 77.2 Å². The average molecular weight is 500 g/mol. The summed E-state index contributed by atoms with van der Waals surface area (Å²) in [4.78, 5) is 15.9. The Hall–Kier alpha value is -2.80. The topological polar surface area (TPSA) is 57.2 Å². The van der Waals surface area contributed by atoms with E-state index in [2.05, 4.69) is 18.7 Å². The number of carbonyl (C=O) groups excluding carboxylic acids is 1. The Kier molecular flexibility index (Phi) is 8.39. The Morgan fingerprint density at radius 2 is 1.75 bits per heavy atom. The minimum atomic E-state index is -0.310. The van der Waals surface area contributed by atoms with E-state index in [0.29, 0.717) is 36.0 Å². The molecule has 2 fully saturated rings. The van der Waals surface area contributed by atoms with Crippen LogP contribution in [0.3, 0.4) is 0 Å². The quantitative estimate of drug-likeness (QED) is 0.430. The number of halogens is 1. The highest BCUT2D eigenvalue weighted by Gasteiger charge is 2.37. The molecule has 2 aliphatic rings. The molecule has 0 spiro atoms. The van der Waals surface area contributed by atoms with Crippen LogP contribution in [0.15, 0.2) is 36.4 Å². The van der Waals surface area contributed by atoms with E-state index in [-0.39, 0.29) is 35.9 Å². The Labute approximate surface area is 213 Å². The van der Waals surface area contributed by atoms with Gasteiger partial charge in [-0.05, 0) is 74.9 Å². The van der Waals surface area contributed by atoms with Gasteiger partial charge in [0.1, 0.15) is 12.4 Å². The van der Waals surface area contributed by atoms with Gasteiger partial charge >= 0.3 is 0 Å². The second-order valence-electron chi connectivity index (χ2n) is 10.5. The van der Waals surface area contributed by atoms with Gasteiger partial charge in [0, 0.05) is 25.1 Å². The lowest BCUT2D eigenvalue weighted by molar-refractivity contribution is -0.148. The van der Waals surface area contributed by atoms with Crippen molar-refractivity contribution in [2.24, 2.45) is 5.92 Å². The minimum absolute atomic E-state index is 0.0352. The van der Waals surface area contributed by atoms with E-state index in [1.54, 1.807) is 26.4 Å². The summed E-state index contributed by atoms with van der Waals surface area (Å²) < 4.78 is 36.8. The number of amides is 1. The fraction of sp³-hybridized carbons (Fsp3) is 0.552. The first-order valence-electron chi connectivity index (χ1n) is 12.9. The van der Waals surface area contributed by atoms with E-state index in [4.69, 9.17) is 18.9 Å². The van der Waals surface area contributed by atoms with Crippen LogP contribution in [0, 0.1) is 11.7 Å². The van der Waals surface area contributed by atoms with Crippen molar-refractivity contribution >= 4 is 5.91 Å². The highest BCUT2D eigenvalue weighted by molar-refractivity contribution is 5.79. The number of benzene rings is 2. The van der Waals surface area contributed by atoms with E-state index in [9.17, 15) is 9.18 Å². The first-order chi connectivity index (χ1) is 17.3. The molecule has 2 aromatic rings. The average Bonchev–Trinajstić information content (AvgIpc) is 3.39. The zero-order valence-electron chi connectivity index (χ0n) is 21.8. The number of nitrogens with zero attached hydrogens (tertiary/aromatic N) is 1. The zero-order valence-corrected chi connectivity index (χ0v) is 21.8. The van der Waals surface area contributed by atoms with Crippen LogP contribution in [0.5, 0.6) is 17.2 Å². The van der Waals surface area contributed by atoms with Crippen molar-refractivity contribution in [2.75, 3.05) is 20.8 Å². The van der Waals surface area contributed by atoms with Gasteiger partial charge in [-0.15, -0.1) is 0 Å². The van der Waals surface area contributed by atoms with Crippen LogP contribution in [-0.4, -0.2) is 43.3 Å². The third kappa shape index (κ3) is 6.30. The lowest BCUT2D eigenvalue weighted by Gasteiger charge is -2.39. The van der Waals surface area contributed by atoms with E-state index in [1.165, 1.54) is 12.1 Å².